The lowest BCUT2D eigenvalue weighted by Gasteiger charge is -2.05. The van der Waals surface area contributed by atoms with Gasteiger partial charge in [0, 0.05) is 23.2 Å². The maximum atomic E-state index is 11.8. The number of pyridine rings is 1. The van der Waals surface area contributed by atoms with Crippen molar-refractivity contribution in [1.29, 1.82) is 0 Å². The van der Waals surface area contributed by atoms with Crippen LogP contribution in [0.5, 0.6) is 0 Å². The molecule has 0 bridgehead atoms. The third-order valence-corrected chi connectivity index (χ3v) is 3.57. The number of thiophene rings is 1. The number of aromatic nitrogens is 1. The number of aliphatic carboxylic acids is 1. The second kappa shape index (κ2) is 5.67. The largest absolute Gasteiger partial charge is 0.478 e. The van der Waals surface area contributed by atoms with Crippen molar-refractivity contribution in [3.8, 4) is 0 Å². The fourth-order valence-electron chi connectivity index (χ4n) is 1.68. The number of carbonyl (C=O) groups is 1. The number of hydrogen-bond acceptors (Lipinski definition) is 3. The molecule has 0 fully saturated rings. The minimum absolute atomic E-state index is 0.0541. The maximum absolute atomic E-state index is 11.8. The Bertz CT molecular complexity index is 682. The first-order chi connectivity index (χ1) is 9.06. The summed E-state index contributed by atoms with van der Waals surface area (Å²) >= 11 is 1.51. The third kappa shape index (κ3) is 3.42. The number of carboxylic acids is 1. The Morgan fingerprint density at radius 1 is 1.47 bits per heavy atom. The van der Waals surface area contributed by atoms with Gasteiger partial charge in [0.2, 0.25) is 0 Å². The van der Waals surface area contributed by atoms with Crippen LogP contribution < -0.4 is 5.56 Å². The normalized spacial score (nSPS) is 11.0. The molecule has 0 aromatic carbocycles. The van der Waals surface area contributed by atoms with Crippen LogP contribution in [0.1, 0.15) is 16.0 Å². The lowest BCUT2D eigenvalue weighted by atomic mass is 10.2. The van der Waals surface area contributed by atoms with E-state index in [4.69, 9.17) is 5.11 Å². The summed E-state index contributed by atoms with van der Waals surface area (Å²) < 4.78 is 1.61. The summed E-state index contributed by atoms with van der Waals surface area (Å²) in [6, 6.07) is 5.31. The second-order valence-electron chi connectivity index (χ2n) is 4.14. The summed E-state index contributed by atoms with van der Waals surface area (Å²) in [5, 5.41) is 10.5. The van der Waals surface area contributed by atoms with Gasteiger partial charge < -0.3 is 9.67 Å². The molecule has 5 heteroatoms. The molecule has 0 aliphatic carbocycles. The van der Waals surface area contributed by atoms with Crippen LogP contribution in [-0.4, -0.2) is 15.6 Å². The molecule has 2 heterocycles. The van der Waals surface area contributed by atoms with Gasteiger partial charge in [-0.05, 0) is 41.6 Å². The van der Waals surface area contributed by atoms with Crippen LogP contribution in [0.25, 0.3) is 6.08 Å². The molecular formula is C14H13NO3S. The van der Waals surface area contributed by atoms with Gasteiger partial charge in [0.05, 0.1) is 6.54 Å². The van der Waals surface area contributed by atoms with Crippen molar-refractivity contribution in [1.82, 2.24) is 4.57 Å². The summed E-state index contributed by atoms with van der Waals surface area (Å²) in [5.74, 6) is -0.982. The van der Waals surface area contributed by atoms with E-state index in [0.717, 1.165) is 22.1 Å². The van der Waals surface area contributed by atoms with Crippen LogP contribution in [0.15, 0.2) is 40.6 Å². The van der Waals surface area contributed by atoms with E-state index in [0.29, 0.717) is 6.54 Å². The average molecular weight is 275 g/mol. The fraction of sp³-hybridized carbons (Fsp3) is 0.143. The summed E-state index contributed by atoms with van der Waals surface area (Å²) in [7, 11) is 0. The first-order valence-corrected chi connectivity index (χ1v) is 6.58. The Morgan fingerprint density at radius 2 is 2.26 bits per heavy atom. The van der Waals surface area contributed by atoms with Crippen LogP contribution in [0.2, 0.25) is 0 Å². The van der Waals surface area contributed by atoms with Crippen LogP contribution in [0, 0.1) is 6.92 Å². The molecule has 0 atom stereocenters. The summed E-state index contributed by atoms with van der Waals surface area (Å²) in [4.78, 5) is 23.3. The second-order valence-corrected chi connectivity index (χ2v) is 5.14. The smallest absolute Gasteiger partial charge is 0.328 e. The molecule has 0 radical (unpaired) electrons. The Kier molecular flexibility index (Phi) is 3.97. The van der Waals surface area contributed by atoms with E-state index in [-0.39, 0.29) is 5.56 Å². The molecule has 1 N–H and O–H groups in total. The van der Waals surface area contributed by atoms with Gasteiger partial charge in [-0.15, -0.1) is 11.3 Å². The predicted octanol–water partition coefficient (Wildman–Crippen LogP) is 2.36. The van der Waals surface area contributed by atoms with Crippen LogP contribution >= 0.6 is 11.3 Å². The van der Waals surface area contributed by atoms with E-state index >= 15 is 0 Å². The molecule has 0 saturated heterocycles. The van der Waals surface area contributed by atoms with Gasteiger partial charge in [0.25, 0.3) is 5.56 Å². The SMILES string of the molecule is Cc1ccn(Cc2sccc2C=CC(=O)O)c(=O)c1. The first-order valence-electron chi connectivity index (χ1n) is 5.71. The van der Waals surface area contributed by atoms with E-state index < -0.39 is 5.97 Å². The van der Waals surface area contributed by atoms with Crippen molar-refractivity contribution in [2.45, 2.75) is 13.5 Å². The van der Waals surface area contributed by atoms with E-state index in [9.17, 15) is 9.59 Å². The Hall–Kier alpha value is -2.14. The molecule has 0 unspecified atom stereocenters. The van der Waals surface area contributed by atoms with Crippen molar-refractivity contribution in [3.63, 3.8) is 0 Å². The molecule has 2 rings (SSSR count). The Balaban J connectivity index is 2.27. The zero-order valence-corrected chi connectivity index (χ0v) is 11.2. The molecule has 0 aliphatic heterocycles. The number of nitrogens with zero attached hydrogens (tertiary/aromatic N) is 1. The first kappa shape index (κ1) is 13.3. The quantitative estimate of drug-likeness (QED) is 0.871. The standard InChI is InChI=1S/C14H13NO3S/c1-10-4-6-15(13(16)8-10)9-12-11(5-7-19-12)2-3-14(17)18/h2-8H,9H2,1H3,(H,17,18). The van der Waals surface area contributed by atoms with Crippen molar-refractivity contribution in [3.05, 3.63) is 62.2 Å². The van der Waals surface area contributed by atoms with E-state index in [2.05, 4.69) is 0 Å². The molecule has 2 aromatic rings. The maximum Gasteiger partial charge on any atom is 0.328 e. The topological polar surface area (TPSA) is 59.3 Å². The highest BCUT2D eigenvalue weighted by Gasteiger charge is 2.04. The number of rotatable bonds is 4. The highest BCUT2D eigenvalue weighted by Crippen LogP contribution is 2.19. The minimum Gasteiger partial charge on any atom is -0.478 e. The van der Waals surface area contributed by atoms with Gasteiger partial charge in [0.1, 0.15) is 0 Å². The van der Waals surface area contributed by atoms with E-state index in [1.165, 1.54) is 11.3 Å². The predicted molar refractivity (Wildman–Crippen MR) is 75.5 cm³/mol. The van der Waals surface area contributed by atoms with Gasteiger partial charge in [-0.2, -0.15) is 0 Å². The summed E-state index contributed by atoms with van der Waals surface area (Å²) in [5.41, 5.74) is 1.71. The van der Waals surface area contributed by atoms with Crippen LogP contribution in [-0.2, 0) is 11.3 Å². The van der Waals surface area contributed by atoms with Gasteiger partial charge >= 0.3 is 5.97 Å². The third-order valence-electron chi connectivity index (χ3n) is 2.65. The van der Waals surface area contributed by atoms with Gasteiger partial charge in [-0.25, -0.2) is 4.79 Å². The van der Waals surface area contributed by atoms with Gasteiger partial charge in [-0.1, -0.05) is 0 Å². The highest BCUT2D eigenvalue weighted by atomic mass is 32.1. The van der Waals surface area contributed by atoms with Crippen molar-refractivity contribution in [2.75, 3.05) is 0 Å². The van der Waals surface area contributed by atoms with E-state index in [1.54, 1.807) is 22.9 Å². The number of carboxylic acid groups (broad SMARTS) is 1. The summed E-state index contributed by atoms with van der Waals surface area (Å²) in [6.45, 7) is 2.33. The zero-order valence-electron chi connectivity index (χ0n) is 10.4. The lowest BCUT2D eigenvalue weighted by molar-refractivity contribution is -0.131. The summed E-state index contributed by atoms with van der Waals surface area (Å²) in [6.07, 6.45) is 4.40. The number of hydrogen-bond donors (Lipinski definition) is 1. The molecule has 19 heavy (non-hydrogen) atoms. The van der Waals surface area contributed by atoms with Gasteiger partial charge in [-0.3, -0.25) is 4.79 Å². The fourth-order valence-corrected chi connectivity index (χ4v) is 2.55. The van der Waals surface area contributed by atoms with Crippen molar-refractivity contribution >= 4 is 23.4 Å². The average Bonchev–Trinajstić information content (AvgIpc) is 2.77. The molecule has 2 aromatic heterocycles. The minimum atomic E-state index is -0.982. The molecule has 4 nitrogen and oxygen atoms in total. The molecular weight excluding hydrogens is 262 g/mol. The zero-order chi connectivity index (χ0) is 13.8. The number of aryl methyl sites for hydroxylation is 1. The Labute approximate surface area is 114 Å². The molecule has 0 saturated carbocycles. The molecule has 0 spiro atoms. The van der Waals surface area contributed by atoms with Crippen molar-refractivity contribution < 1.29 is 9.90 Å². The lowest BCUT2D eigenvalue weighted by Crippen LogP contribution is -2.19. The highest BCUT2D eigenvalue weighted by molar-refractivity contribution is 7.10. The Morgan fingerprint density at radius 3 is 2.95 bits per heavy atom. The van der Waals surface area contributed by atoms with Crippen molar-refractivity contribution in [2.24, 2.45) is 0 Å². The molecule has 0 amide bonds. The van der Waals surface area contributed by atoms with Crippen LogP contribution in [0.3, 0.4) is 0 Å². The molecule has 98 valence electrons. The monoisotopic (exact) mass is 275 g/mol. The van der Waals surface area contributed by atoms with Crippen LogP contribution in [0.4, 0.5) is 0 Å². The van der Waals surface area contributed by atoms with E-state index in [1.807, 2.05) is 24.4 Å². The van der Waals surface area contributed by atoms with Gasteiger partial charge in [0.15, 0.2) is 0 Å². The molecule has 0 aliphatic rings.